The minimum Gasteiger partial charge on any atom is -0.334 e. The van der Waals surface area contributed by atoms with Crippen LogP contribution in [-0.2, 0) is 6.54 Å². The van der Waals surface area contributed by atoms with E-state index < -0.39 is 0 Å². The lowest BCUT2D eigenvalue weighted by Crippen LogP contribution is -2.39. The molecule has 0 spiro atoms. The van der Waals surface area contributed by atoms with E-state index in [2.05, 4.69) is 24.4 Å². The second-order valence-electron chi connectivity index (χ2n) is 6.02. The van der Waals surface area contributed by atoms with E-state index in [4.69, 9.17) is 11.6 Å². The maximum absolute atomic E-state index is 12.6. The second kappa shape index (κ2) is 7.05. The summed E-state index contributed by atoms with van der Waals surface area (Å²) in [4.78, 5) is 14.5. The molecule has 2 amide bonds. The normalized spacial score (nSPS) is 17.3. The van der Waals surface area contributed by atoms with Crippen LogP contribution < -0.4 is 5.32 Å². The number of hydrogen-bond acceptors (Lipinski definition) is 1. The molecule has 0 aliphatic carbocycles. The quantitative estimate of drug-likeness (QED) is 0.870. The minimum absolute atomic E-state index is 0.0204. The van der Waals surface area contributed by atoms with Crippen LogP contribution in [0.15, 0.2) is 48.5 Å². The van der Waals surface area contributed by atoms with Crippen molar-refractivity contribution in [1.82, 2.24) is 10.2 Å². The molecule has 120 valence electrons. The van der Waals surface area contributed by atoms with Crippen molar-refractivity contribution in [1.29, 1.82) is 0 Å². The Bertz CT molecular complexity index is 684. The summed E-state index contributed by atoms with van der Waals surface area (Å²) in [5.74, 6) is 0. The molecule has 1 aliphatic heterocycles. The number of amides is 2. The van der Waals surface area contributed by atoms with Crippen LogP contribution in [0.2, 0.25) is 5.02 Å². The van der Waals surface area contributed by atoms with Crippen molar-refractivity contribution < 1.29 is 4.79 Å². The second-order valence-corrected chi connectivity index (χ2v) is 6.42. The Labute approximate surface area is 142 Å². The van der Waals surface area contributed by atoms with Gasteiger partial charge in [0.2, 0.25) is 0 Å². The zero-order valence-corrected chi connectivity index (χ0v) is 14.0. The fourth-order valence-electron chi connectivity index (χ4n) is 3.06. The Balaban J connectivity index is 1.66. The zero-order valence-electron chi connectivity index (χ0n) is 13.3. The minimum atomic E-state index is -0.0204. The van der Waals surface area contributed by atoms with E-state index in [1.165, 1.54) is 5.56 Å². The van der Waals surface area contributed by atoms with Crippen LogP contribution in [0.5, 0.6) is 0 Å². The molecule has 0 unspecified atom stereocenters. The van der Waals surface area contributed by atoms with Crippen LogP contribution in [0.4, 0.5) is 4.79 Å². The molecule has 1 saturated heterocycles. The molecular weight excluding hydrogens is 308 g/mol. The van der Waals surface area contributed by atoms with Gasteiger partial charge in [0.15, 0.2) is 0 Å². The van der Waals surface area contributed by atoms with Gasteiger partial charge in [-0.3, -0.25) is 0 Å². The summed E-state index contributed by atoms with van der Waals surface area (Å²) in [7, 11) is 0. The fourth-order valence-corrected chi connectivity index (χ4v) is 3.33. The maximum atomic E-state index is 12.6. The van der Waals surface area contributed by atoms with E-state index in [1.54, 1.807) is 0 Å². The highest BCUT2D eigenvalue weighted by molar-refractivity contribution is 6.31. The van der Waals surface area contributed by atoms with Gasteiger partial charge >= 0.3 is 6.03 Å². The van der Waals surface area contributed by atoms with E-state index in [0.29, 0.717) is 6.54 Å². The molecule has 0 radical (unpaired) electrons. The van der Waals surface area contributed by atoms with Crippen molar-refractivity contribution in [3.8, 4) is 0 Å². The van der Waals surface area contributed by atoms with E-state index in [1.807, 2.05) is 41.3 Å². The first-order valence-corrected chi connectivity index (χ1v) is 8.37. The predicted octanol–water partition coefficient (Wildman–Crippen LogP) is 4.70. The largest absolute Gasteiger partial charge is 0.334 e. The van der Waals surface area contributed by atoms with Gasteiger partial charge in [0, 0.05) is 18.1 Å². The molecule has 0 bridgehead atoms. The number of nitrogens with zero attached hydrogens (tertiary/aromatic N) is 1. The van der Waals surface area contributed by atoms with E-state index in [9.17, 15) is 4.79 Å². The molecule has 1 N–H and O–H groups in total. The average molecular weight is 329 g/mol. The van der Waals surface area contributed by atoms with Crippen molar-refractivity contribution in [2.75, 3.05) is 6.54 Å². The van der Waals surface area contributed by atoms with Crippen molar-refractivity contribution >= 4 is 17.6 Å². The summed E-state index contributed by atoms with van der Waals surface area (Å²) in [5, 5.41) is 3.76. The summed E-state index contributed by atoms with van der Waals surface area (Å²) < 4.78 is 0. The molecule has 1 atom stereocenters. The smallest absolute Gasteiger partial charge is 0.318 e. The third-order valence-corrected chi connectivity index (χ3v) is 4.69. The third kappa shape index (κ3) is 3.67. The topological polar surface area (TPSA) is 32.3 Å². The van der Waals surface area contributed by atoms with Gasteiger partial charge in [-0.1, -0.05) is 59.6 Å². The molecular formula is C19H21ClN2O. The van der Waals surface area contributed by atoms with Gasteiger partial charge in [-0.05, 0) is 37.0 Å². The molecule has 3 rings (SSSR count). The van der Waals surface area contributed by atoms with Crippen LogP contribution in [0.1, 0.15) is 35.6 Å². The van der Waals surface area contributed by atoms with Gasteiger partial charge < -0.3 is 10.2 Å². The Morgan fingerprint density at radius 1 is 1.22 bits per heavy atom. The van der Waals surface area contributed by atoms with Crippen LogP contribution in [-0.4, -0.2) is 17.5 Å². The van der Waals surface area contributed by atoms with Crippen LogP contribution in [0.3, 0.4) is 0 Å². The Hall–Kier alpha value is -2.00. The summed E-state index contributed by atoms with van der Waals surface area (Å²) in [6.45, 7) is 3.38. The van der Waals surface area contributed by atoms with Gasteiger partial charge in [-0.2, -0.15) is 0 Å². The number of benzene rings is 2. The number of carbonyl (C=O) groups is 1. The summed E-state index contributed by atoms with van der Waals surface area (Å²) >= 11 is 6.30. The van der Waals surface area contributed by atoms with Crippen molar-refractivity contribution in [2.24, 2.45) is 0 Å². The summed E-state index contributed by atoms with van der Waals surface area (Å²) in [6.07, 6.45) is 1.97. The number of urea groups is 1. The molecule has 3 nitrogen and oxygen atoms in total. The summed E-state index contributed by atoms with van der Waals surface area (Å²) in [5.41, 5.74) is 3.37. The lowest BCUT2D eigenvalue weighted by molar-refractivity contribution is 0.192. The van der Waals surface area contributed by atoms with Gasteiger partial charge in [0.05, 0.1) is 6.04 Å². The highest BCUT2D eigenvalue weighted by Crippen LogP contribution is 2.35. The monoisotopic (exact) mass is 328 g/mol. The molecule has 23 heavy (non-hydrogen) atoms. The zero-order chi connectivity index (χ0) is 16.2. The van der Waals surface area contributed by atoms with Crippen LogP contribution in [0, 0.1) is 6.92 Å². The SMILES string of the molecule is Cc1ccc(CNC(=O)N2CCC[C@@H]2c2ccccc2Cl)cc1. The van der Waals surface area contributed by atoms with Crippen LogP contribution in [0.25, 0.3) is 0 Å². The lowest BCUT2D eigenvalue weighted by atomic mass is 10.0. The van der Waals surface area contributed by atoms with Gasteiger partial charge in [-0.25, -0.2) is 4.79 Å². The first-order chi connectivity index (χ1) is 11.1. The number of carbonyl (C=O) groups excluding carboxylic acids is 1. The number of aryl methyl sites for hydroxylation is 1. The van der Waals surface area contributed by atoms with Gasteiger partial charge in [-0.15, -0.1) is 0 Å². The van der Waals surface area contributed by atoms with Crippen LogP contribution >= 0.6 is 11.6 Å². The Morgan fingerprint density at radius 2 is 1.96 bits per heavy atom. The average Bonchev–Trinajstić information content (AvgIpc) is 3.04. The molecule has 2 aromatic rings. The first kappa shape index (κ1) is 15.9. The van der Waals surface area contributed by atoms with Gasteiger partial charge in [0.25, 0.3) is 0 Å². The van der Waals surface area contributed by atoms with E-state index in [-0.39, 0.29) is 12.1 Å². The maximum Gasteiger partial charge on any atom is 0.318 e. The molecule has 4 heteroatoms. The molecule has 2 aromatic carbocycles. The number of hydrogen-bond donors (Lipinski definition) is 1. The fraction of sp³-hybridized carbons (Fsp3) is 0.316. The number of rotatable bonds is 3. The predicted molar refractivity (Wildman–Crippen MR) is 93.5 cm³/mol. The van der Waals surface area contributed by atoms with Crippen molar-refractivity contribution in [3.05, 3.63) is 70.2 Å². The molecule has 1 heterocycles. The number of nitrogens with one attached hydrogen (secondary N) is 1. The Kier molecular flexibility index (Phi) is 4.87. The molecule has 0 saturated carbocycles. The molecule has 0 aromatic heterocycles. The molecule has 1 aliphatic rings. The third-order valence-electron chi connectivity index (χ3n) is 4.34. The lowest BCUT2D eigenvalue weighted by Gasteiger charge is -2.26. The van der Waals surface area contributed by atoms with E-state index >= 15 is 0 Å². The van der Waals surface area contributed by atoms with Gasteiger partial charge in [0.1, 0.15) is 0 Å². The summed E-state index contributed by atoms with van der Waals surface area (Å²) in [6, 6.07) is 16.1. The van der Waals surface area contributed by atoms with Crippen molar-refractivity contribution in [2.45, 2.75) is 32.4 Å². The highest BCUT2D eigenvalue weighted by Gasteiger charge is 2.30. The first-order valence-electron chi connectivity index (χ1n) is 7.99. The van der Waals surface area contributed by atoms with Crippen molar-refractivity contribution in [3.63, 3.8) is 0 Å². The number of halogens is 1. The van der Waals surface area contributed by atoms with E-state index in [0.717, 1.165) is 35.5 Å². The molecule has 1 fully saturated rings. The highest BCUT2D eigenvalue weighted by atomic mass is 35.5. The number of likely N-dealkylation sites (tertiary alicyclic amines) is 1. The Morgan fingerprint density at radius 3 is 2.70 bits per heavy atom. The standard InChI is InChI=1S/C19H21ClN2O/c1-14-8-10-15(11-9-14)13-21-19(23)22-12-4-7-18(22)16-5-2-3-6-17(16)20/h2-3,5-6,8-11,18H,4,7,12-13H2,1H3,(H,21,23)/t18-/m1/s1.